The summed E-state index contributed by atoms with van der Waals surface area (Å²) in [4.78, 5) is 12.6. The van der Waals surface area contributed by atoms with Gasteiger partial charge in [0, 0.05) is 21.4 Å². The third kappa shape index (κ3) is 3.25. The second kappa shape index (κ2) is 5.58. The molecule has 1 aromatic carbocycles. The minimum Gasteiger partial charge on any atom is -0.398 e. The van der Waals surface area contributed by atoms with Gasteiger partial charge in [0.25, 0.3) is 0 Å². The highest BCUT2D eigenvalue weighted by atomic mass is 32.2. The molecule has 0 atom stereocenters. The smallest absolute Gasteiger partial charge is 0.161 e. The van der Waals surface area contributed by atoms with Crippen LogP contribution in [0.4, 0.5) is 5.69 Å². The van der Waals surface area contributed by atoms with Gasteiger partial charge in [-0.2, -0.15) is 0 Å². The molecular weight excluding hydrogens is 230 g/mol. The van der Waals surface area contributed by atoms with E-state index in [1.807, 2.05) is 30.0 Å². The van der Waals surface area contributed by atoms with Gasteiger partial charge in [0.05, 0.1) is 0 Å². The van der Waals surface area contributed by atoms with E-state index in [1.165, 1.54) is 37.0 Å². The summed E-state index contributed by atoms with van der Waals surface area (Å²) in [5.74, 6) is 0.0496. The Balaban J connectivity index is 2.10. The van der Waals surface area contributed by atoms with Crippen LogP contribution in [0.3, 0.4) is 0 Å². The van der Waals surface area contributed by atoms with Gasteiger partial charge in [0.2, 0.25) is 0 Å². The predicted molar refractivity (Wildman–Crippen MR) is 73.6 cm³/mol. The van der Waals surface area contributed by atoms with Crippen LogP contribution in [0.2, 0.25) is 0 Å². The maximum absolute atomic E-state index is 11.4. The van der Waals surface area contributed by atoms with Crippen LogP contribution in [0.15, 0.2) is 23.1 Å². The van der Waals surface area contributed by atoms with E-state index < -0.39 is 0 Å². The van der Waals surface area contributed by atoms with Gasteiger partial charge in [-0.15, -0.1) is 11.8 Å². The molecular formula is C14H19NOS. The molecule has 2 nitrogen and oxygen atoms in total. The Morgan fingerprint density at radius 2 is 2.00 bits per heavy atom. The summed E-state index contributed by atoms with van der Waals surface area (Å²) in [6, 6.07) is 5.82. The van der Waals surface area contributed by atoms with Gasteiger partial charge in [-0.3, -0.25) is 4.79 Å². The molecule has 3 heteroatoms. The van der Waals surface area contributed by atoms with Crippen molar-refractivity contribution >= 4 is 23.2 Å². The Kier molecular flexibility index (Phi) is 4.11. The first-order valence-electron chi connectivity index (χ1n) is 6.24. The van der Waals surface area contributed by atoms with Crippen molar-refractivity contribution in [3.05, 3.63) is 23.8 Å². The van der Waals surface area contributed by atoms with E-state index in [0.29, 0.717) is 16.5 Å². The first kappa shape index (κ1) is 12.5. The van der Waals surface area contributed by atoms with Gasteiger partial charge in [0.15, 0.2) is 5.78 Å². The zero-order valence-electron chi connectivity index (χ0n) is 10.2. The highest BCUT2D eigenvalue weighted by Gasteiger charge is 2.15. The summed E-state index contributed by atoms with van der Waals surface area (Å²) in [6.45, 7) is 1.57. The lowest BCUT2D eigenvalue weighted by atomic mass is 10.0. The number of anilines is 1. The quantitative estimate of drug-likeness (QED) is 0.652. The van der Waals surface area contributed by atoms with Gasteiger partial charge in [-0.05, 0) is 38.0 Å². The van der Waals surface area contributed by atoms with Crippen molar-refractivity contribution in [3.8, 4) is 0 Å². The molecule has 1 aromatic rings. The SMILES string of the molecule is CC(=O)c1cc(SC2CCCCC2)ccc1N. The van der Waals surface area contributed by atoms with Crippen molar-refractivity contribution in [2.45, 2.75) is 49.2 Å². The molecule has 0 aromatic heterocycles. The lowest BCUT2D eigenvalue weighted by Crippen LogP contribution is -2.08. The molecule has 0 heterocycles. The standard InChI is InChI=1S/C14H19NOS/c1-10(16)13-9-12(7-8-14(13)15)17-11-5-3-2-4-6-11/h7-9,11H,2-6,15H2,1H3. The van der Waals surface area contributed by atoms with Crippen molar-refractivity contribution in [1.29, 1.82) is 0 Å². The number of benzene rings is 1. The number of carbonyl (C=O) groups is 1. The van der Waals surface area contributed by atoms with Crippen LogP contribution in [0.25, 0.3) is 0 Å². The average Bonchev–Trinajstić information content (AvgIpc) is 2.32. The number of ketones is 1. The summed E-state index contributed by atoms with van der Waals surface area (Å²) in [6.07, 6.45) is 6.64. The molecule has 0 bridgehead atoms. The summed E-state index contributed by atoms with van der Waals surface area (Å²) < 4.78 is 0. The Hall–Kier alpha value is -0.960. The maximum Gasteiger partial charge on any atom is 0.161 e. The number of hydrogen-bond donors (Lipinski definition) is 1. The van der Waals surface area contributed by atoms with Crippen molar-refractivity contribution in [2.75, 3.05) is 5.73 Å². The second-order valence-corrected chi connectivity index (χ2v) is 6.06. The fraction of sp³-hybridized carbons (Fsp3) is 0.500. The highest BCUT2D eigenvalue weighted by Crippen LogP contribution is 2.34. The summed E-state index contributed by atoms with van der Waals surface area (Å²) in [7, 11) is 0. The molecule has 2 rings (SSSR count). The highest BCUT2D eigenvalue weighted by molar-refractivity contribution is 8.00. The molecule has 0 amide bonds. The third-order valence-electron chi connectivity index (χ3n) is 3.26. The lowest BCUT2D eigenvalue weighted by Gasteiger charge is -2.21. The number of rotatable bonds is 3. The van der Waals surface area contributed by atoms with Crippen LogP contribution in [-0.2, 0) is 0 Å². The number of carbonyl (C=O) groups excluding carboxylic acids is 1. The van der Waals surface area contributed by atoms with Crippen molar-refractivity contribution in [3.63, 3.8) is 0 Å². The van der Waals surface area contributed by atoms with Gasteiger partial charge in [-0.1, -0.05) is 19.3 Å². The van der Waals surface area contributed by atoms with Crippen LogP contribution >= 0.6 is 11.8 Å². The molecule has 2 N–H and O–H groups in total. The number of Topliss-reactive ketones (excluding diaryl/α,β-unsaturated/α-hetero) is 1. The fourth-order valence-electron chi connectivity index (χ4n) is 2.29. The molecule has 92 valence electrons. The number of thioether (sulfide) groups is 1. The third-order valence-corrected chi connectivity index (χ3v) is 4.59. The molecule has 1 fully saturated rings. The van der Waals surface area contributed by atoms with E-state index in [9.17, 15) is 4.79 Å². The monoisotopic (exact) mass is 249 g/mol. The maximum atomic E-state index is 11.4. The minimum atomic E-state index is 0.0496. The summed E-state index contributed by atoms with van der Waals surface area (Å²) in [5, 5.41) is 0.715. The van der Waals surface area contributed by atoms with E-state index in [0.717, 1.165) is 0 Å². The number of hydrogen-bond acceptors (Lipinski definition) is 3. The predicted octanol–water partition coefficient (Wildman–Crippen LogP) is 3.90. The molecule has 1 aliphatic rings. The molecule has 0 spiro atoms. The van der Waals surface area contributed by atoms with E-state index in [2.05, 4.69) is 0 Å². The van der Waals surface area contributed by atoms with Crippen LogP contribution in [0, 0.1) is 0 Å². The van der Waals surface area contributed by atoms with Crippen LogP contribution in [0.5, 0.6) is 0 Å². The van der Waals surface area contributed by atoms with Crippen LogP contribution in [-0.4, -0.2) is 11.0 Å². The van der Waals surface area contributed by atoms with Crippen molar-refractivity contribution < 1.29 is 4.79 Å². The van der Waals surface area contributed by atoms with E-state index in [-0.39, 0.29) is 5.78 Å². The Labute approximate surface area is 107 Å². The molecule has 17 heavy (non-hydrogen) atoms. The fourth-order valence-corrected chi connectivity index (χ4v) is 3.58. The lowest BCUT2D eigenvalue weighted by molar-refractivity contribution is 0.101. The van der Waals surface area contributed by atoms with Gasteiger partial charge in [-0.25, -0.2) is 0 Å². The first-order valence-corrected chi connectivity index (χ1v) is 7.12. The van der Waals surface area contributed by atoms with Crippen molar-refractivity contribution in [1.82, 2.24) is 0 Å². The van der Waals surface area contributed by atoms with Gasteiger partial charge >= 0.3 is 0 Å². The zero-order valence-corrected chi connectivity index (χ0v) is 11.1. The summed E-state index contributed by atoms with van der Waals surface area (Å²) in [5.41, 5.74) is 7.04. The first-order chi connectivity index (χ1) is 8.16. The zero-order chi connectivity index (χ0) is 12.3. The molecule has 0 saturated heterocycles. The van der Waals surface area contributed by atoms with Gasteiger partial charge in [0.1, 0.15) is 0 Å². The summed E-state index contributed by atoms with van der Waals surface area (Å²) >= 11 is 1.90. The van der Waals surface area contributed by atoms with E-state index in [4.69, 9.17) is 5.73 Å². The van der Waals surface area contributed by atoms with Crippen molar-refractivity contribution in [2.24, 2.45) is 0 Å². The molecule has 1 saturated carbocycles. The topological polar surface area (TPSA) is 43.1 Å². The van der Waals surface area contributed by atoms with E-state index >= 15 is 0 Å². The molecule has 0 aliphatic heterocycles. The largest absolute Gasteiger partial charge is 0.398 e. The average molecular weight is 249 g/mol. The normalized spacial score (nSPS) is 17.0. The Morgan fingerprint density at radius 3 is 2.65 bits per heavy atom. The second-order valence-electron chi connectivity index (χ2n) is 4.68. The van der Waals surface area contributed by atoms with Crippen LogP contribution in [0.1, 0.15) is 49.4 Å². The number of nitrogens with two attached hydrogens (primary N) is 1. The van der Waals surface area contributed by atoms with Crippen LogP contribution < -0.4 is 5.73 Å². The Morgan fingerprint density at radius 1 is 1.29 bits per heavy atom. The van der Waals surface area contributed by atoms with Gasteiger partial charge < -0.3 is 5.73 Å². The Bertz CT molecular complexity index is 411. The number of nitrogen functional groups attached to an aromatic ring is 1. The molecule has 0 unspecified atom stereocenters. The molecule has 1 aliphatic carbocycles. The molecule has 0 radical (unpaired) electrons. The minimum absolute atomic E-state index is 0.0496. The van der Waals surface area contributed by atoms with E-state index in [1.54, 1.807) is 6.92 Å².